The van der Waals surface area contributed by atoms with Crippen molar-refractivity contribution in [3.05, 3.63) is 53.9 Å². The molecule has 8 nitrogen and oxygen atoms in total. The smallest absolute Gasteiger partial charge is 0.255 e. The second kappa shape index (κ2) is 6.45. The minimum absolute atomic E-state index is 0.149. The zero-order valence-electron chi connectivity index (χ0n) is 15.2. The fraction of sp³-hybridized carbons (Fsp3) is 0.211. The molecule has 2 amide bonds. The third-order valence-corrected chi connectivity index (χ3v) is 6.34. The van der Waals surface area contributed by atoms with Crippen molar-refractivity contribution in [3.63, 3.8) is 0 Å². The van der Waals surface area contributed by atoms with E-state index >= 15 is 0 Å². The van der Waals surface area contributed by atoms with E-state index in [9.17, 15) is 18.0 Å². The lowest BCUT2D eigenvalue weighted by atomic mass is 10.1. The summed E-state index contributed by atoms with van der Waals surface area (Å²) in [6.07, 6.45) is 0. The molecule has 2 aromatic carbocycles. The molecule has 2 heterocycles. The first kappa shape index (κ1) is 18.2. The molecule has 4 rings (SSSR count). The van der Waals surface area contributed by atoms with E-state index in [0.717, 1.165) is 4.31 Å². The minimum Gasteiger partial charge on any atom is -0.439 e. The molecule has 144 valence electrons. The lowest BCUT2D eigenvalue weighted by Crippen LogP contribution is -2.30. The molecule has 3 aromatic rings. The maximum atomic E-state index is 12.7. The van der Waals surface area contributed by atoms with Crippen LogP contribution in [0.4, 0.5) is 11.4 Å². The van der Waals surface area contributed by atoms with Crippen LogP contribution in [0.1, 0.15) is 23.2 Å². The van der Waals surface area contributed by atoms with E-state index < -0.39 is 27.8 Å². The Morgan fingerprint density at radius 1 is 1.25 bits per heavy atom. The van der Waals surface area contributed by atoms with Crippen LogP contribution in [0.15, 0.2) is 46.9 Å². The molecule has 28 heavy (non-hydrogen) atoms. The lowest BCUT2D eigenvalue weighted by molar-refractivity contribution is -0.119. The number of rotatable bonds is 3. The van der Waals surface area contributed by atoms with E-state index in [2.05, 4.69) is 10.3 Å². The van der Waals surface area contributed by atoms with Gasteiger partial charge in [-0.1, -0.05) is 19.1 Å². The van der Waals surface area contributed by atoms with Gasteiger partial charge in [0.1, 0.15) is 5.52 Å². The number of nitrogens with zero attached hydrogens (tertiary/aromatic N) is 2. The molecule has 9 heteroatoms. The predicted octanol–water partition coefficient (Wildman–Crippen LogP) is 2.70. The van der Waals surface area contributed by atoms with E-state index in [4.69, 9.17) is 4.42 Å². The molecular formula is C19H17N3O5S. The van der Waals surface area contributed by atoms with Crippen LogP contribution in [0.25, 0.3) is 11.1 Å². The summed E-state index contributed by atoms with van der Waals surface area (Å²) in [6, 6.07) is 11.2. The van der Waals surface area contributed by atoms with Gasteiger partial charge >= 0.3 is 0 Å². The summed E-state index contributed by atoms with van der Waals surface area (Å²) >= 11 is 0. The standard InChI is InChI=1S/C19H17N3O5S/c1-11-10-28(25,26)22(19(11)24)14-6-3-5-13(9-14)18(23)21-16-8-4-7-15-17(16)27-12(2)20-15/h3-9,11H,10H2,1-2H3,(H,21,23). The summed E-state index contributed by atoms with van der Waals surface area (Å²) in [5, 5.41) is 2.75. The number of aromatic nitrogens is 1. The Morgan fingerprint density at radius 3 is 2.71 bits per heavy atom. The number of para-hydroxylation sites is 1. The summed E-state index contributed by atoms with van der Waals surface area (Å²) in [5.74, 6) is -1.34. The molecule has 1 saturated heterocycles. The van der Waals surface area contributed by atoms with Gasteiger partial charge in [-0.05, 0) is 30.3 Å². The highest BCUT2D eigenvalue weighted by Gasteiger charge is 2.42. The number of aryl methyl sites for hydroxylation is 1. The van der Waals surface area contributed by atoms with Crippen molar-refractivity contribution in [3.8, 4) is 0 Å². The average Bonchev–Trinajstić information content (AvgIpc) is 3.11. The molecular weight excluding hydrogens is 382 g/mol. The quantitative estimate of drug-likeness (QED) is 0.725. The molecule has 1 unspecified atom stereocenters. The molecule has 1 fully saturated rings. The van der Waals surface area contributed by atoms with E-state index in [0.29, 0.717) is 22.7 Å². The van der Waals surface area contributed by atoms with Crippen molar-refractivity contribution in [2.24, 2.45) is 5.92 Å². The minimum atomic E-state index is -3.74. The number of benzene rings is 2. The van der Waals surface area contributed by atoms with Crippen molar-refractivity contribution < 1.29 is 22.4 Å². The Labute approximate surface area is 161 Å². The first-order valence-electron chi connectivity index (χ1n) is 8.61. The number of hydrogen-bond donors (Lipinski definition) is 1. The monoisotopic (exact) mass is 399 g/mol. The van der Waals surface area contributed by atoms with Crippen molar-refractivity contribution in [2.75, 3.05) is 15.4 Å². The van der Waals surface area contributed by atoms with Gasteiger partial charge in [0.2, 0.25) is 15.9 Å². The van der Waals surface area contributed by atoms with E-state index in [1.54, 1.807) is 38.1 Å². The van der Waals surface area contributed by atoms with Crippen LogP contribution in [-0.4, -0.2) is 31.0 Å². The number of fused-ring (bicyclic) bond motifs is 1. The maximum Gasteiger partial charge on any atom is 0.255 e. The second-order valence-corrected chi connectivity index (χ2v) is 8.54. The zero-order chi connectivity index (χ0) is 20.1. The zero-order valence-corrected chi connectivity index (χ0v) is 16.0. The Balaban J connectivity index is 1.66. The molecule has 0 aliphatic carbocycles. The van der Waals surface area contributed by atoms with Crippen LogP contribution in [0.2, 0.25) is 0 Å². The van der Waals surface area contributed by atoms with Gasteiger partial charge in [-0.15, -0.1) is 0 Å². The van der Waals surface area contributed by atoms with Crippen molar-refractivity contribution in [1.82, 2.24) is 4.98 Å². The van der Waals surface area contributed by atoms with Gasteiger partial charge in [0.25, 0.3) is 5.91 Å². The molecule has 0 saturated carbocycles. The highest BCUT2D eigenvalue weighted by molar-refractivity contribution is 7.94. The number of nitrogens with one attached hydrogen (secondary N) is 1. The van der Waals surface area contributed by atoms with Gasteiger partial charge in [0, 0.05) is 12.5 Å². The largest absolute Gasteiger partial charge is 0.439 e. The highest BCUT2D eigenvalue weighted by Crippen LogP contribution is 2.29. The Hall–Kier alpha value is -3.20. The molecule has 1 aromatic heterocycles. The van der Waals surface area contributed by atoms with Crippen LogP contribution < -0.4 is 9.62 Å². The number of carbonyl (C=O) groups is 2. The first-order valence-corrected chi connectivity index (χ1v) is 10.2. The SMILES string of the molecule is Cc1nc2cccc(NC(=O)c3cccc(N4C(=O)C(C)CS4(=O)=O)c3)c2o1. The van der Waals surface area contributed by atoms with Gasteiger partial charge < -0.3 is 9.73 Å². The van der Waals surface area contributed by atoms with E-state index in [1.165, 1.54) is 18.2 Å². The number of sulfonamides is 1. The fourth-order valence-electron chi connectivity index (χ4n) is 3.21. The first-order chi connectivity index (χ1) is 13.3. The average molecular weight is 399 g/mol. The van der Waals surface area contributed by atoms with E-state index in [1.807, 2.05) is 0 Å². The molecule has 1 N–H and O–H groups in total. The highest BCUT2D eigenvalue weighted by atomic mass is 32.2. The third kappa shape index (κ3) is 3.03. The topological polar surface area (TPSA) is 110 Å². The molecule has 0 radical (unpaired) electrons. The van der Waals surface area contributed by atoms with Gasteiger partial charge in [-0.2, -0.15) is 0 Å². The Bertz CT molecular complexity index is 1220. The van der Waals surface area contributed by atoms with Crippen LogP contribution in [0, 0.1) is 12.8 Å². The van der Waals surface area contributed by atoms with Crippen LogP contribution in [-0.2, 0) is 14.8 Å². The summed E-state index contributed by atoms with van der Waals surface area (Å²) < 4.78 is 30.9. The molecule has 1 aliphatic rings. The summed E-state index contributed by atoms with van der Waals surface area (Å²) in [4.78, 5) is 29.2. The summed E-state index contributed by atoms with van der Waals surface area (Å²) in [7, 11) is -3.74. The van der Waals surface area contributed by atoms with Crippen molar-refractivity contribution in [2.45, 2.75) is 13.8 Å². The summed E-state index contributed by atoms with van der Waals surface area (Å²) in [5.41, 5.74) is 1.89. The number of oxazole rings is 1. The fourth-order valence-corrected chi connectivity index (χ4v) is 5.03. The van der Waals surface area contributed by atoms with Crippen LogP contribution in [0.5, 0.6) is 0 Å². The Kier molecular flexibility index (Phi) is 4.19. The lowest BCUT2D eigenvalue weighted by Gasteiger charge is -2.16. The number of amides is 2. The molecule has 1 atom stereocenters. The molecule has 0 bridgehead atoms. The molecule has 1 aliphatic heterocycles. The second-order valence-electron chi connectivity index (χ2n) is 6.67. The number of anilines is 2. The van der Waals surface area contributed by atoms with Crippen molar-refractivity contribution in [1.29, 1.82) is 0 Å². The van der Waals surface area contributed by atoms with Gasteiger partial charge in [0.15, 0.2) is 11.5 Å². The van der Waals surface area contributed by atoms with Crippen molar-refractivity contribution >= 4 is 44.3 Å². The van der Waals surface area contributed by atoms with Gasteiger partial charge in [-0.25, -0.2) is 17.7 Å². The van der Waals surface area contributed by atoms with Gasteiger partial charge in [0.05, 0.1) is 23.0 Å². The van der Waals surface area contributed by atoms with Crippen LogP contribution >= 0.6 is 0 Å². The van der Waals surface area contributed by atoms with Crippen LogP contribution in [0.3, 0.4) is 0 Å². The van der Waals surface area contributed by atoms with Gasteiger partial charge in [-0.3, -0.25) is 9.59 Å². The number of hydrogen-bond acceptors (Lipinski definition) is 6. The normalized spacial score (nSPS) is 18.6. The van der Waals surface area contributed by atoms with E-state index in [-0.39, 0.29) is 17.0 Å². The summed E-state index contributed by atoms with van der Waals surface area (Å²) in [6.45, 7) is 3.28. The predicted molar refractivity (Wildman–Crippen MR) is 104 cm³/mol. The Morgan fingerprint density at radius 2 is 2.00 bits per heavy atom. The maximum absolute atomic E-state index is 12.7. The third-order valence-electron chi connectivity index (χ3n) is 4.47. The molecule has 0 spiro atoms. The number of carbonyl (C=O) groups excluding carboxylic acids is 2.